The first-order chi connectivity index (χ1) is 21.8. The molecule has 3 atom stereocenters. The zero-order valence-electron chi connectivity index (χ0n) is 25.1. The van der Waals surface area contributed by atoms with Crippen LogP contribution in [0.4, 0.5) is 10.1 Å². The molecule has 4 aliphatic rings. The molecule has 0 aromatic heterocycles. The molecule has 7 rings (SSSR count). The highest BCUT2D eigenvalue weighted by molar-refractivity contribution is 6.42. The largest absolute Gasteiger partial charge is 0.484 e. The average molecular weight is 670 g/mol. The van der Waals surface area contributed by atoms with E-state index in [2.05, 4.69) is 39.8 Å². The molecule has 3 aliphatic heterocycles. The van der Waals surface area contributed by atoms with Gasteiger partial charge in [0.2, 0.25) is 0 Å². The molecule has 1 amide bonds. The van der Waals surface area contributed by atoms with Crippen molar-refractivity contribution < 1.29 is 13.9 Å². The first kappa shape index (κ1) is 30.8. The summed E-state index contributed by atoms with van der Waals surface area (Å²) in [4.78, 5) is 18.7. The van der Waals surface area contributed by atoms with Crippen LogP contribution in [-0.2, 0) is 11.3 Å². The number of anilines is 1. The van der Waals surface area contributed by atoms with Crippen molar-refractivity contribution >= 4 is 52.0 Å². The maximum atomic E-state index is 14.7. The van der Waals surface area contributed by atoms with Crippen LogP contribution in [0.5, 0.6) is 5.75 Å². The second kappa shape index (κ2) is 12.8. The molecule has 45 heavy (non-hydrogen) atoms. The maximum absolute atomic E-state index is 14.7. The third-order valence-electron chi connectivity index (χ3n) is 9.40. The van der Waals surface area contributed by atoms with Gasteiger partial charge in [0.1, 0.15) is 6.10 Å². The molecule has 2 saturated heterocycles. The summed E-state index contributed by atoms with van der Waals surface area (Å²) in [7, 11) is 0. The van der Waals surface area contributed by atoms with Crippen molar-refractivity contribution in [1.29, 1.82) is 0 Å². The lowest BCUT2D eigenvalue weighted by molar-refractivity contribution is -0.128. The smallest absolute Gasteiger partial charge is 0.252 e. The minimum absolute atomic E-state index is 0.0637. The van der Waals surface area contributed by atoms with Crippen molar-refractivity contribution in [2.45, 2.75) is 63.4 Å². The minimum Gasteiger partial charge on any atom is -0.484 e. The van der Waals surface area contributed by atoms with E-state index in [1.165, 1.54) is 0 Å². The molecule has 236 valence electrons. The fourth-order valence-electron chi connectivity index (χ4n) is 6.84. The van der Waals surface area contributed by atoms with Crippen LogP contribution in [0.15, 0.2) is 60.2 Å². The van der Waals surface area contributed by atoms with E-state index in [4.69, 9.17) is 39.5 Å². The van der Waals surface area contributed by atoms with Gasteiger partial charge in [-0.1, -0.05) is 65.1 Å². The van der Waals surface area contributed by atoms with Gasteiger partial charge in [-0.05, 0) is 72.7 Å². The normalized spacial score (nSPS) is 23.0. The Morgan fingerprint density at radius 1 is 1.02 bits per heavy atom. The van der Waals surface area contributed by atoms with Crippen molar-refractivity contribution in [3.8, 4) is 5.75 Å². The standard InChI is InChI=1S/C35H36Cl3FN4O2/c1-20-5-12-29(37)34(33(20)39)45-26-13-14-42(19-26)24-8-6-21(7-9-24)27-15-23-16-40-17-30(41-23)31(27)35(44)43(25-10-11-25)18-22-3-2-4-28(36)32(22)38/h2-9,12,23,25-26,30,40-41H,10-11,13-19H2,1H3/t23-,26-,30-/m1/s1. The molecule has 0 unspecified atom stereocenters. The van der Waals surface area contributed by atoms with Crippen LogP contribution < -0.4 is 20.3 Å². The van der Waals surface area contributed by atoms with Crippen molar-refractivity contribution in [2.24, 2.45) is 0 Å². The number of halogens is 4. The van der Waals surface area contributed by atoms with Gasteiger partial charge in [-0.2, -0.15) is 0 Å². The van der Waals surface area contributed by atoms with E-state index < -0.39 is 5.82 Å². The van der Waals surface area contributed by atoms with Gasteiger partial charge in [-0.3, -0.25) is 4.79 Å². The lowest BCUT2D eigenvalue weighted by Crippen LogP contribution is -2.60. The Labute approximate surface area is 278 Å². The van der Waals surface area contributed by atoms with E-state index in [-0.39, 0.29) is 40.9 Å². The van der Waals surface area contributed by atoms with Crippen molar-refractivity contribution in [2.75, 3.05) is 31.1 Å². The quantitative estimate of drug-likeness (QED) is 0.270. The molecule has 6 nitrogen and oxygen atoms in total. The molecular formula is C35H36Cl3FN4O2. The van der Waals surface area contributed by atoms with Crippen LogP contribution in [0.25, 0.3) is 5.57 Å². The van der Waals surface area contributed by atoms with Gasteiger partial charge >= 0.3 is 0 Å². The van der Waals surface area contributed by atoms with E-state index >= 15 is 0 Å². The van der Waals surface area contributed by atoms with E-state index in [0.717, 1.165) is 66.7 Å². The number of rotatable bonds is 8. The second-order valence-corrected chi connectivity index (χ2v) is 13.8. The molecule has 3 fully saturated rings. The van der Waals surface area contributed by atoms with E-state index in [1.54, 1.807) is 25.1 Å². The topological polar surface area (TPSA) is 56.8 Å². The van der Waals surface area contributed by atoms with E-state index in [1.807, 2.05) is 17.0 Å². The summed E-state index contributed by atoms with van der Waals surface area (Å²) in [6.07, 6.45) is 3.35. The van der Waals surface area contributed by atoms with Crippen molar-refractivity contribution in [3.63, 3.8) is 0 Å². The minimum atomic E-state index is -0.401. The molecule has 1 saturated carbocycles. The Morgan fingerprint density at radius 2 is 1.82 bits per heavy atom. The highest BCUT2D eigenvalue weighted by atomic mass is 35.5. The highest BCUT2D eigenvalue weighted by Crippen LogP contribution is 2.38. The van der Waals surface area contributed by atoms with Crippen molar-refractivity contribution in [1.82, 2.24) is 15.5 Å². The van der Waals surface area contributed by atoms with Crippen LogP contribution in [0.1, 0.15) is 42.4 Å². The Balaban J connectivity index is 1.13. The molecule has 3 heterocycles. The van der Waals surface area contributed by atoms with Crippen LogP contribution >= 0.6 is 34.8 Å². The number of fused-ring (bicyclic) bond motifs is 2. The zero-order valence-corrected chi connectivity index (χ0v) is 27.4. The first-order valence-corrected chi connectivity index (χ1v) is 16.8. The number of nitrogens with one attached hydrogen (secondary N) is 2. The molecular weight excluding hydrogens is 634 g/mol. The maximum Gasteiger partial charge on any atom is 0.252 e. The number of amides is 1. The fraction of sp³-hybridized carbons (Fsp3) is 0.400. The lowest BCUT2D eigenvalue weighted by Gasteiger charge is -2.41. The number of benzene rings is 3. The number of hydrogen-bond acceptors (Lipinski definition) is 5. The van der Waals surface area contributed by atoms with Crippen molar-refractivity contribution in [3.05, 3.63) is 97.7 Å². The molecule has 0 spiro atoms. The Kier molecular flexibility index (Phi) is 8.74. The van der Waals surface area contributed by atoms with E-state index in [9.17, 15) is 9.18 Å². The van der Waals surface area contributed by atoms with Crippen LogP contribution in [-0.4, -0.2) is 61.2 Å². The third-order valence-corrected chi connectivity index (χ3v) is 10.6. The van der Waals surface area contributed by atoms with E-state index in [0.29, 0.717) is 35.2 Å². The summed E-state index contributed by atoms with van der Waals surface area (Å²) < 4.78 is 20.7. The van der Waals surface area contributed by atoms with Gasteiger partial charge in [0.25, 0.3) is 5.91 Å². The van der Waals surface area contributed by atoms with Crippen LogP contribution in [0, 0.1) is 12.7 Å². The number of piperazine rings is 1. The van der Waals surface area contributed by atoms with Gasteiger partial charge in [0, 0.05) is 55.9 Å². The van der Waals surface area contributed by atoms with Crippen LogP contribution in [0.3, 0.4) is 0 Å². The molecule has 1 aliphatic carbocycles. The Bertz CT molecular complexity index is 1640. The number of aryl methyl sites for hydroxylation is 1. The number of nitrogens with zero attached hydrogens (tertiary/aromatic N) is 2. The monoisotopic (exact) mass is 668 g/mol. The number of carbonyl (C=O) groups excluding carboxylic acids is 1. The number of carbonyl (C=O) groups is 1. The molecule has 2 bridgehead atoms. The summed E-state index contributed by atoms with van der Waals surface area (Å²) >= 11 is 19.1. The summed E-state index contributed by atoms with van der Waals surface area (Å²) in [5, 5.41) is 8.51. The van der Waals surface area contributed by atoms with Crippen LogP contribution in [0.2, 0.25) is 15.1 Å². The molecule has 2 N–H and O–H groups in total. The average Bonchev–Trinajstić information content (AvgIpc) is 3.78. The highest BCUT2D eigenvalue weighted by Gasteiger charge is 2.41. The summed E-state index contributed by atoms with van der Waals surface area (Å²) in [6, 6.07) is 17.8. The Hall–Kier alpha value is -2.81. The molecule has 3 aromatic carbocycles. The molecule has 3 aromatic rings. The van der Waals surface area contributed by atoms with Gasteiger partial charge in [-0.15, -0.1) is 0 Å². The zero-order chi connectivity index (χ0) is 31.2. The lowest BCUT2D eigenvalue weighted by atomic mass is 9.83. The predicted octanol–water partition coefficient (Wildman–Crippen LogP) is 7.03. The number of hydrogen-bond donors (Lipinski definition) is 2. The SMILES string of the molecule is Cc1ccc(Cl)c(O[C@@H]2CCN(c3ccc(C4=C(C(=O)N(Cc5cccc(Cl)c5Cl)C5CC5)[C@H]5CNC[C@@H](C4)N5)cc3)C2)c1F. The Morgan fingerprint density at radius 3 is 2.60 bits per heavy atom. The third kappa shape index (κ3) is 6.30. The van der Waals surface area contributed by atoms with Gasteiger partial charge < -0.3 is 25.2 Å². The van der Waals surface area contributed by atoms with Gasteiger partial charge in [0.05, 0.1) is 27.7 Å². The van der Waals surface area contributed by atoms with Gasteiger partial charge in [0.15, 0.2) is 11.6 Å². The summed E-state index contributed by atoms with van der Waals surface area (Å²) in [5.41, 5.74) is 5.45. The molecule has 0 radical (unpaired) electrons. The molecule has 10 heteroatoms. The summed E-state index contributed by atoms with van der Waals surface area (Å²) in [5.74, 6) is -0.206. The van der Waals surface area contributed by atoms with Gasteiger partial charge in [-0.25, -0.2) is 4.39 Å². The predicted molar refractivity (Wildman–Crippen MR) is 179 cm³/mol. The summed E-state index contributed by atoms with van der Waals surface area (Å²) in [6.45, 7) is 5.14. The first-order valence-electron chi connectivity index (χ1n) is 15.7. The number of ether oxygens (including phenoxy) is 1. The fourth-order valence-corrected chi connectivity index (χ4v) is 7.41. The second-order valence-electron chi connectivity index (χ2n) is 12.6.